The molecule has 46 heavy (non-hydrogen) atoms. The summed E-state index contributed by atoms with van der Waals surface area (Å²) in [5.41, 5.74) is 2.56. The summed E-state index contributed by atoms with van der Waals surface area (Å²) in [5.74, 6) is -1.60. The zero-order valence-electron chi connectivity index (χ0n) is 26.2. The quantitative estimate of drug-likeness (QED) is 0.289. The Morgan fingerprint density at radius 1 is 1.15 bits per heavy atom. The molecule has 2 saturated heterocycles. The summed E-state index contributed by atoms with van der Waals surface area (Å²) in [6.07, 6.45) is 2.79. The van der Waals surface area contributed by atoms with Crippen molar-refractivity contribution in [2.75, 3.05) is 49.1 Å². The van der Waals surface area contributed by atoms with Gasteiger partial charge in [-0.05, 0) is 57.2 Å². The lowest BCUT2D eigenvalue weighted by Crippen LogP contribution is -2.55. The molecule has 3 aliphatic rings. The van der Waals surface area contributed by atoms with Crippen LogP contribution in [0, 0.1) is 17.1 Å². The van der Waals surface area contributed by atoms with Crippen LogP contribution in [-0.4, -0.2) is 83.1 Å². The molecule has 6 rings (SSSR count). The van der Waals surface area contributed by atoms with Gasteiger partial charge in [0.05, 0.1) is 35.8 Å². The number of benzene rings is 2. The monoisotopic (exact) mass is 649 g/mol. The number of anilines is 2. The molecule has 12 heteroatoms. The SMILES string of the molecule is C=C(F)C(=O)N1CCN(c2nc(OC[C@@H]3CCCN3C(C)C)nc3c2CCN(c2cccc4ccc(F)c(Cl)c24)C3)C[C@@H]1CC#N. The van der Waals surface area contributed by atoms with Crippen LogP contribution in [0.4, 0.5) is 20.3 Å². The number of carbonyl (C=O) groups is 1. The topological polar surface area (TPSA) is 88.8 Å². The Morgan fingerprint density at radius 3 is 2.74 bits per heavy atom. The fourth-order valence-electron chi connectivity index (χ4n) is 7.11. The van der Waals surface area contributed by atoms with Crippen molar-refractivity contribution in [2.45, 2.75) is 64.2 Å². The molecular formula is C34H38ClF2N7O2. The van der Waals surface area contributed by atoms with Gasteiger partial charge in [-0.25, -0.2) is 8.78 Å². The van der Waals surface area contributed by atoms with E-state index in [0.717, 1.165) is 41.7 Å². The van der Waals surface area contributed by atoms with E-state index in [9.17, 15) is 18.8 Å². The second-order valence-electron chi connectivity index (χ2n) is 12.5. The van der Waals surface area contributed by atoms with E-state index in [1.54, 1.807) is 6.07 Å². The highest BCUT2D eigenvalue weighted by molar-refractivity contribution is 6.36. The summed E-state index contributed by atoms with van der Waals surface area (Å²) in [5, 5.41) is 11.1. The Bertz CT molecular complexity index is 1700. The summed E-state index contributed by atoms with van der Waals surface area (Å²) in [6.45, 7) is 11.0. The molecule has 3 aromatic rings. The summed E-state index contributed by atoms with van der Waals surface area (Å²) in [4.78, 5) is 30.4. The average Bonchev–Trinajstić information content (AvgIpc) is 3.53. The number of carbonyl (C=O) groups excluding carboxylic acids is 1. The first kappa shape index (κ1) is 32.0. The van der Waals surface area contributed by atoms with Gasteiger partial charge in [-0.2, -0.15) is 15.2 Å². The Kier molecular flexibility index (Phi) is 9.29. The van der Waals surface area contributed by atoms with E-state index in [-0.39, 0.29) is 30.0 Å². The van der Waals surface area contributed by atoms with E-state index >= 15 is 0 Å². The van der Waals surface area contributed by atoms with Gasteiger partial charge in [0, 0.05) is 54.9 Å². The predicted molar refractivity (Wildman–Crippen MR) is 174 cm³/mol. The first-order valence-electron chi connectivity index (χ1n) is 15.8. The normalized spacial score (nSPS) is 20.2. The molecule has 242 valence electrons. The highest BCUT2D eigenvalue weighted by atomic mass is 35.5. The number of fused-ring (bicyclic) bond motifs is 2. The van der Waals surface area contributed by atoms with Gasteiger partial charge in [0.15, 0.2) is 5.83 Å². The standard InChI is InChI=1S/C34H38ClF2N7O2/c1-21(2)43-14-5-7-25(43)20-46-34-39-28-19-41(29-8-4-6-23-9-10-27(37)31(35)30(23)29)15-12-26(28)32(40-34)42-16-17-44(33(45)22(3)36)24(18-42)11-13-38/h4,6,8-10,21,24-25H,3,5,7,11-12,14-20H2,1-2H3/t24-,25-/m0/s1. The van der Waals surface area contributed by atoms with Crippen LogP contribution in [0.1, 0.15) is 44.4 Å². The lowest BCUT2D eigenvalue weighted by molar-refractivity contribution is -0.131. The number of nitriles is 1. The van der Waals surface area contributed by atoms with Crippen LogP contribution in [0.5, 0.6) is 6.01 Å². The zero-order chi connectivity index (χ0) is 32.5. The van der Waals surface area contributed by atoms with Crippen molar-refractivity contribution in [1.29, 1.82) is 5.26 Å². The second-order valence-corrected chi connectivity index (χ2v) is 12.8. The molecule has 2 fully saturated rings. The lowest BCUT2D eigenvalue weighted by atomic mass is 10.0. The molecule has 1 aromatic heterocycles. The highest BCUT2D eigenvalue weighted by Crippen LogP contribution is 2.38. The maximum Gasteiger partial charge on any atom is 0.318 e. The summed E-state index contributed by atoms with van der Waals surface area (Å²) >= 11 is 6.50. The van der Waals surface area contributed by atoms with Crippen molar-refractivity contribution >= 4 is 39.8 Å². The van der Waals surface area contributed by atoms with Crippen LogP contribution < -0.4 is 14.5 Å². The number of halogens is 3. The third-order valence-electron chi connectivity index (χ3n) is 9.37. The van der Waals surface area contributed by atoms with E-state index in [1.807, 2.05) is 18.2 Å². The molecule has 0 saturated carbocycles. The van der Waals surface area contributed by atoms with Crippen LogP contribution >= 0.6 is 11.6 Å². The third-order valence-corrected chi connectivity index (χ3v) is 9.74. The zero-order valence-corrected chi connectivity index (χ0v) is 26.9. The number of hydrogen-bond acceptors (Lipinski definition) is 8. The second kappa shape index (κ2) is 13.4. The number of piperazine rings is 1. The van der Waals surface area contributed by atoms with Crippen molar-refractivity contribution in [3.05, 3.63) is 64.8 Å². The van der Waals surface area contributed by atoms with Gasteiger partial charge in [0.1, 0.15) is 18.2 Å². The van der Waals surface area contributed by atoms with Crippen molar-refractivity contribution in [3.63, 3.8) is 0 Å². The molecule has 0 N–H and O–H groups in total. The first-order chi connectivity index (χ1) is 22.2. The molecule has 9 nitrogen and oxygen atoms in total. The van der Waals surface area contributed by atoms with E-state index < -0.39 is 23.6 Å². The molecule has 0 aliphatic carbocycles. The van der Waals surface area contributed by atoms with Crippen LogP contribution in [0.2, 0.25) is 5.02 Å². The van der Waals surface area contributed by atoms with Crippen molar-refractivity contribution in [3.8, 4) is 12.1 Å². The van der Waals surface area contributed by atoms with Gasteiger partial charge < -0.3 is 19.4 Å². The Balaban J connectivity index is 1.35. The minimum absolute atomic E-state index is 0.0467. The maximum atomic E-state index is 14.6. The van der Waals surface area contributed by atoms with Gasteiger partial charge in [-0.15, -0.1) is 0 Å². The smallest absolute Gasteiger partial charge is 0.318 e. The van der Waals surface area contributed by atoms with E-state index in [2.05, 4.69) is 41.2 Å². The minimum atomic E-state index is -1.04. The summed E-state index contributed by atoms with van der Waals surface area (Å²) < 4.78 is 34.7. The Labute approximate surface area is 273 Å². The average molecular weight is 650 g/mol. The van der Waals surface area contributed by atoms with Crippen LogP contribution in [0.3, 0.4) is 0 Å². The Hall–Kier alpha value is -4.01. The number of nitrogens with zero attached hydrogens (tertiary/aromatic N) is 7. The number of likely N-dealkylation sites (tertiary alicyclic amines) is 1. The van der Waals surface area contributed by atoms with Gasteiger partial charge in [0.2, 0.25) is 0 Å². The molecule has 1 amide bonds. The molecule has 0 bridgehead atoms. The number of ether oxygens (including phenoxy) is 1. The molecule has 0 unspecified atom stereocenters. The fourth-order valence-corrected chi connectivity index (χ4v) is 7.38. The van der Waals surface area contributed by atoms with E-state index in [4.69, 9.17) is 26.3 Å². The summed E-state index contributed by atoms with van der Waals surface area (Å²) in [6, 6.07) is 11.4. The Morgan fingerprint density at radius 2 is 1.98 bits per heavy atom. The van der Waals surface area contributed by atoms with Gasteiger partial charge in [-0.3, -0.25) is 9.69 Å². The first-order valence-corrected chi connectivity index (χ1v) is 16.2. The molecule has 0 spiro atoms. The predicted octanol–water partition coefficient (Wildman–Crippen LogP) is 5.65. The van der Waals surface area contributed by atoms with Gasteiger partial charge in [-0.1, -0.05) is 36.4 Å². The highest BCUT2D eigenvalue weighted by Gasteiger charge is 2.35. The third kappa shape index (κ3) is 6.20. The van der Waals surface area contributed by atoms with Crippen molar-refractivity contribution < 1.29 is 18.3 Å². The summed E-state index contributed by atoms with van der Waals surface area (Å²) in [7, 11) is 0. The number of amides is 1. The minimum Gasteiger partial charge on any atom is -0.462 e. The van der Waals surface area contributed by atoms with Gasteiger partial charge in [0.25, 0.3) is 5.91 Å². The number of rotatable bonds is 8. The van der Waals surface area contributed by atoms with Crippen LogP contribution in [0.25, 0.3) is 10.8 Å². The van der Waals surface area contributed by atoms with Crippen LogP contribution in [0.15, 0.2) is 42.7 Å². The molecule has 2 aromatic carbocycles. The van der Waals surface area contributed by atoms with E-state index in [1.165, 1.54) is 11.0 Å². The lowest BCUT2D eigenvalue weighted by Gasteiger charge is -2.42. The van der Waals surface area contributed by atoms with Crippen LogP contribution in [-0.2, 0) is 17.8 Å². The fraction of sp³-hybridized carbons (Fsp3) is 0.471. The van der Waals surface area contributed by atoms with Crippen molar-refractivity contribution in [1.82, 2.24) is 19.8 Å². The largest absolute Gasteiger partial charge is 0.462 e. The molecular weight excluding hydrogens is 612 g/mol. The molecule has 3 aliphatic heterocycles. The maximum absolute atomic E-state index is 14.6. The van der Waals surface area contributed by atoms with E-state index in [0.29, 0.717) is 56.5 Å². The molecule has 4 heterocycles. The molecule has 0 radical (unpaired) electrons. The molecule has 2 atom stereocenters. The number of aromatic nitrogens is 2. The van der Waals surface area contributed by atoms with Crippen molar-refractivity contribution in [2.24, 2.45) is 0 Å². The van der Waals surface area contributed by atoms with Gasteiger partial charge >= 0.3 is 6.01 Å². The number of hydrogen-bond donors (Lipinski definition) is 0.